The normalized spacial score (nSPS) is 11.8. The Hall–Kier alpha value is -0.600. The van der Waals surface area contributed by atoms with Gasteiger partial charge in [0.2, 0.25) is 0 Å². The summed E-state index contributed by atoms with van der Waals surface area (Å²) < 4.78 is 1.13. The van der Waals surface area contributed by atoms with Crippen LogP contribution in [0, 0.1) is 0 Å². The lowest BCUT2D eigenvalue weighted by atomic mass is 10.1. The third kappa shape index (κ3) is 4.95. The van der Waals surface area contributed by atoms with E-state index in [-0.39, 0.29) is 0 Å². The quantitative estimate of drug-likeness (QED) is 0.769. The molecule has 0 aliphatic rings. The van der Waals surface area contributed by atoms with E-state index in [1.807, 2.05) is 0 Å². The number of hydrogen-bond acceptors (Lipinski definition) is 1. The van der Waals surface area contributed by atoms with Gasteiger partial charge in [0, 0.05) is 11.0 Å². The molecule has 0 heterocycles. The monoisotopic (exact) mass is 281 g/mol. The summed E-state index contributed by atoms with van der Waals surface area (Å²) in [4.78, 5) is 0. The van der Waals surface area contributed by atoms with Crippen LogP contribution in [-0.4, -0.2) is 13.1 Å². The first kappa shape index (κ1) is 13.5. The fourth-order valence-corrected chi connectivity index (χ4v) is 1.76. The van der Waals surface area contributed by atoms with Gasteiger partial charge in [-0.25, -0.2) is 0 Å². The van der Waals surface area contributed by atoms with Gasteiger partial charge in [0.15, 0.2) is 0 Å². The van der Waals surface area contributed by atoms with E-state index in [9.17, 15) is 0 Å². The van der Waals surface area contributed by atoms with Crippen molar-refractivity contribution in [2.75, 3.05) is 13.1 Å². The third-order valence-corrected chi connectivity index (χ3v) is 3.00. The second-order valence-electron chi connectivity index (χ2n) is 3.88. The predicted molar refractivity (Wildman–Crippen MR) is 75.6 cm³/mol. The van der Waals surface area contributed by atoms with Gasteiger partial charge in [0.25, 0.3) is 0 Å². The van der Waals surface area contributed by atoms with Crippen LogP contribution < -0.4 is 5.32 Å². The molecule has 2 heteroatoms. The summed E-state index contributed by atoms with van der Waals surface area (Å²) in [5, 5.41) is 3.44. The van der Waals surface area contributed by atoms with Gasteiger partial charge in [-0.05, 0) is 37.1 Å². The summed E-state index contributed by atoms with van der Waals surface area (Å²) in [6.45, 7) is 6.49. The fourth-order valence-electron chi connectivity index (χ4n) is 1.50. The summed E-state index contributed by atoms with van der Waals surface area (Å²) in [5.41, 5.74) is 2.73. The van der Waals surface area contributed by atoms with Gasteiger partial charge in [0.05, 0.1) is 0 Å². The molecule has 0 aromatic heterocycles. The molecule has 16 heavy (non-hydrogen) atoms. The highest BCUT2D eigenvalue weighted by atomic mass is 79.9. The molecule has 0 amide bonds. The van der Waals surface area contributed by atoms with Gasteiger partial charge < -0.3 is 5.32 Å². The van der Waals surface area contributed by atoms with E-state index in [0.717, 1.165) is 24.0 Å². The highest BCUT2D eigenvalue weighted by molar-refractivity contribution is 9.10. The lowest BCUT2D eigenvalue weighted by molar-refractivity contribution is 0.706. The number of halogens is 1. The summed E-state index contributed by atoms with van der Waals surface area (Å²) in [7, 11) is 0. The molecular formula is C14H20BrN. The fraction of sp³-hybridized carbons (Fsp3) is 0.429. The van der Waals surface area contributed by atoms with Gasteiger partial charge in [-0.2, -0.15) is 0 Å². The standard InChI is InChI=1S/C14H20BrN/c1-3-9-16-11-12(4-2)10-13-5-7-14(15)8-6-13/h5-8,10,16H,3-4,9,11H2,1-2H3. The van der Waals surface area contributed by atoms with Crippen molar-refractivity contribution in [3.05, 3.63) is 39.9 Å². The van der Waals surface area contributed by atoms with Gasteiger partial charge in [0.1, 0.15) is 0 Å². The van der Waals surface area contributed by atoms with Crippen molar-refractivity contribution >= 4 is 22.0 Å². The van der Waals surface area contributed by atoms with Crippen LogP contribution >= 0.6 is 15.9 Å². The highest BCUT2D eigenvalue weighted by Gasteiger charge is 1.95. The van der Waals surface area contributed by atoms with Crippen LogP contribution in [0.5, 0.6) is 0 Å². The first-order valence-corrected chi connectivity index (χ1v) is 6.71. The maximum atomic E-state index is 3.45. The molecule has 0 spiro atoms. The number of benzene rings is 1. The maximum Gasteiger partial charge on any atom is 0.0175 e. The molecule has 1 aromatic rings. The summed E-state index contributed by atoms with van der Waals surface area (Å²) in [6, 6.07) is 8.44. The van der Waals surface area contributed by atoms with E-state index in [1.165, 1.54) is 17.6 Å². The molecule has 0 aliphatic carbocycles. The zero-order valence-corrected chi connectivity index (χ0v) is 11.7. The Bertz CT molecular complexity index is 327. The molecule has 0 aliphatic heterocycles. The van der Waals surface area contributed by atoms with Crippen molar-refractivity contribution in [2.24, 2.45) is 0 Å². The molecule has 0 bridgehead atoms. The van der Waals surface area contributed by atoms with E-state index < -0.39 is 0 Å². The Morgan fingerprint density at radius 3 is 2.50 bits per heavy atom. The average Bonchev–Trinajstić information content (AvgIpc) is 2.31. The second kappa shape index (κ2) is 7.64. The topological polar surface area (TPSA) is 12.0 Å². The minimum Gasteiger partial charge on any atom is -0.313 e. The van der Waals surface area contributed by atoms with E-state index in [4.69, 9.17) is 0 Å². The summed E-state index contributed by atoms with van der Waals surface area (Å²) in [6.07, 6.45) is 4.57. The third-order valence-electron chi connectivity index (χ3n) is 2.47. The largest absolute Gasteiger partial charge is 0.313 e. The van der Waals surface area contributed by atoms with Crippen LogP contribution in [0.2, 0.25) is 0 Å². The first-order chi connectivity index (χ1) is 7.76. The van der Waals surface area contributed by atoms with Crippen molar-refractivity contribution in [2.45, 2.75) is 26.7 Å². The van der Waals surface area contributed by atoms with E-state index in [1.54, 1.807) is 0 Å². The van der Waals surface area contributed by atoms with Gasteiger partial charge in [-0.1, -0.05) is 53.6 Å². The molecule has 0 atom stereocenters. The SMILES string of the molecule is CCCNCC(=Cc1ccc(Br)cc1)CC. The second-order valence-corrected chi connectivity index (χ2v) is 4.80. The molecule has 88 valence electrons. The average molecular weight is 282 g/mol. The van der Waals surface area contributed by atoms with E-state index in [2.05, 4.69) is 65.4 Å². The molecule has 0 radical (unpaired) electrons. The van der Waals surface area contributed by atoms with E-state index >= 15 is 0 Å². The molecule has 1 aromatic carbocycles. The van der Waals surface area contributed by atoms with Crippen LogP contribution in [0.4, 0.5) is 0 Å². The zero-order valence-electron chi connectivity index (χ0n) is 10.1. The van der Waals surface area contributed by atoms with Crippen molar-refractivity contribution in [1.29, 1.82) is 0 Å². The Labute approximate surface area is 107 Å². The minimum absolute atomic E-state index is 1.00. The van der Waals surface area contributed by atoms with Crippen LogP contribution in [0.1, 0.15) is 32.3 Å². The van der Waals surface area contributed by atoms with Crippen LogP contribution in [0.15, 0.2) is 34.3 Å². The number of nitrogens with one attached hydrogen (secondary N) is 1. The highest BCUT2D eigenvalue weighted by Crippen LogP contribution is 2.14. The molecule has 1 nitrogen and oxygen atoms in total. The van der Waals surface area contributed by atoms with Crippen molar-refractivity contribution in [3.63, 3.8) is 0 Å². The predicted octanol–water partition coefficient (Wildman–Crippen LogP) is 4.24. The Morgan fingerprint density at radius 1 is 1.25 bits per heavy atom. The number of hydrogen-bond donors (Lipinski definition) is 1. The van der Waals surface area contributed by atoms with Gasteiger partial charge in [-0.3, -0.25) is 0 Å². The Kier molecular flexibility index (Phi) is 6.43. The lowest BCUT2D eigenvalue weighted by Gasteiger charge is -2.06. The molecular weight excluding hydrogens is 262 g/mol. The van der Waals surface area contributed by atoms with Crippen molar-refractivity contribution in [3.8, 4) is 0 Å². The van der Waals surface area contributed by atoms with Crippen LogP contribution in [-0.2, 0) is 0 Å². The zero-order chi connectivity index (χ0) is 11.8. The minimum atomic E-state index is 1.00. The first-order valence-electron chi connectivity index (χ1n) is 5.92. The molecule has 0 fully saturated rings. The molecule has 0 saturated carbocycles. The Morgan fingerprint density at radius 2 is 1.94 bits per heavy atom. The van der Waals surface area contributed by atoms with Crippen molar-refractivity contribution in [1.82, 2.24) is 5.32 Å². The van der Waals surface area contributed by atoms with Crippen LogP contribution in [0.25, 0.3) is 6.08 Å². The lowest BCUT2D eigenvalue weighted by Crippen LogP contribution is -2.17. The number of rotatable bonds is 6. The van der Waals surface area contributed by atoms with Gasteiger partial charge in [-0.15, -0.1) is 0 Å². The molecule has 1 rings (SSSR count). The van der Waals surface area contributed by atoms with E-state index in [0.29, 0.717) is 0 Å². The Balaban J connectivity index is 2.60. The smallest absolute Gasteiger partial charge is 0.0175 e. The molecule has 0 saturated heterocycles. The molecule has 0 unspecified atom stereocenters. The van der Waals surface area contributed by atoms with Gasteiger partial charge >= 0.3 is 0 Å². The summed E-state index contributed by atoms with van der Waals surface area (Å²) >= 11 is 3.45. The summed E-state index contributed by atoms with van der Waals surface area (Å²) in [5.74, 6) is 0. The molecule has 1 N–H and O–H groups in total. The maximum absolute atomic E-state index is 3.45. The van der Waals surface area contributed by atoms with Crippen molar-refractivity contribution < 1.29 is 0 Å². The van der Waals surface area contributed by atoms with Crippen LogP contribution in [0.3, 0.4) is 0 Å².